The first-order valence-electron chi connectivity index (χ1n) is 11.4. The zero-order valence-corrected chi connectivity index (χ0v) is 20.0. The van der Waals surface area contributed by atoms with Crippen LogP contribution in [0.1, 0.15) is 19.4 Å². The number of amides is 2. The number of carbonyl (C=O) groups excluding carboxylic acids is 2. The molecule has 1 saturated heterocycles. The van der Waals surface area contributed by atoms with Crippen LogP contribution in [0, 0.1) is 5.92 Å². The van der Waals surface area contributed by atoms with Crippen LogP contribution < -0.4 is 20.1 Å². The first kappa shape index (κ1) is 25.3. The summed E-state index contributed by atoms with van der Waals surface area (Å²) in [6.07, 6.45) is 3.17. The van der Waals surface area contributed by atoms with Gasteiger partial charge in [0.15, 0.2) is 11.5 Å². The molecule has 1 aliphatic rings. The molecule has 2 aromatic rings. The summed E-state index contributed by atoms with van der Waals surface area (Å²) < 4.78 is 16.5. The lowest BCUT2D eigenvalue weighted by molar-refractivity contribution is -0.118. The van der Waals surface area contributed by atoms with Gasteiger partial charge in [-0.25, -0.2) is 0 Å². The minimum Gasteiger partial charge on any atom is -0.493 e. The smallest absolute Gasteiger partial charge is 0.248 e. The number of anilines is 2. The molecule has 182 valence electrons. The fraction of sp³-hybridized carbons (Fsp3) is 0.385. The summed E-state index contributed by atoms with van der Waals surface area (Å²) >= 11 is 0. The van der Waals surface area contributed by atoms with Crippen molar-refractivity contribution in [2.45, 2.75) is 13.8 Å². The molecule has 0 radical (unpaired) electrons. The number of ether oxygens (including phenoxy) is 3. The van der Waals surface area contributed by atoms with Crippen LogP contribution in [-0.2, 0) is 14.3 Å². The van der Waals surface area contributed by atoms with Crippen molar-refractivity contribution in [2.75, 3.05) is 57.2 Å². The van der Waals surface area contributed by atoms with E-state index < -0.39 is 0 Å². The number of hydrogen-bond acceptors (Lipinski definition) is 6. The van der Waals surface area contributed by atoms with Crippen LogP contribution in [0.5, 0.6) is 11.5 Å². The highest BCUT2D eigenvalue weighted by Gasteiger charge is 2.14. The summed E-state index contributed by atoms with van der Waals surface area (Å²) in [6, 6.07) is 12.6. The molecule has 1 fully saturated rings. The summed E-state index contributed by atoms with van der Waals surface area (Å²) in [6.45, 7) is 7.93. The van der Waals surface area contributed by atoms with E-state index >= 15 is 0 Å². The molecule has 0 bridgehead atoms. The normalized spacial score (nSPS) is 14.2. The highest BCUT2D eigenvalue weighted by Crippen LogP contribution is 2.29. The SMILES string of the molecule is COc1cc(C=CC(=O)Nc2ccc(NC(=O)CN3CCOCC3)cc2)ccc1OCC(C)C. The van der Waals surface area contributed by atoms with Gasteiger partial charge in [0.2, 0.25) is 11.8 Å². The van der Waals surface area contributed by atoms with Gasteiger partial charge in [0.05, 0.1) is 33.5 Å². The fourth-order valence-corrected chi connectivity index (χ4v) is 3.32. The van der Waals surface area contributed by atoms with Crippen molar-refractivity contribution < 1.29 is 23.8 Å². The number of carbonyl (C=O) groups is 2. The molecule has 3 rings (SSSR count). The maximum absolute atomic E-state index is 12.3. The molecule has 2 N–H and O–H groups in total. The predicted molar refractivity (Wildman–Crippen MR) is 133 cm³/mol. The van der Waals surface area contributed by atoms with E-state index in [-0.39, 0.29) is 11.8 Å². The van der Waals surface area contributed by atoms with E-state index in [0.29, 0.717) is 55.2 Å². The van der Waals surface area contributed by atoms with Gasteiger partial charge in [0, 0.05) is 30.5 Å². The van der Waals surface area contributed by atoms with Crippen LogP contribution in [0.3, 0.4) is 0 Å². The average molecular weight is 468 g/mol. The monoisotopic (exact) mass is 467 g/mol. The Bertz CT molecular complexity index is 982. The van der Waals surface area contributed by atoms with Crippen molar-refractivity contribution >= 4 is 29.3 Å². The number of methoxy groups -OCH3 is 1. The number of benzene rings is 2. The molecular weight excluding hydrogens is 434 g/mol. The molecule has 1 aliphatic heterocycles. The van der Waals surface area contributed by atoms with Gasteiger partial charge in [-0.3, -0.25) is 14.5 Å². The van der Waals surface area contributed by atoms with E-state index in [1.54, 1.807) is 37.5 Å². The molecule has 2 aromatic carbocycles. The van der Waals surface area contributed by atoms with Gasteiger partial charge in [-0.15, -0.1) is 0 Å². The maximum atomic E-state index is 12.3. The van der Waals surface area contributed by atoms with Gasteiger partial charge in [-0.1, -0.05) is 19.9 Å². The first-order chi connectivity index (χ1) is 16.4. The Balaban J connectivity index is 1.50. The quantitative estimate of drug-likeness (QED) is 0.519. The molecule has 2 amide bonds. The first-order valence-corrected chi connectivity index (χ1v) is 11.4. The molecule has 0 spiro atoms. The number of morpholine rings is 1. The molecule has 0 atom stereocenters. The van der Waals surface area contributed by atoms with Crippen LogP contribution >= 0.6 is 0 Å². The van der Waals surface area contributed by atoms with Crippen molar-refractivity contribution in [3.63, 3.8) is 0 Å². The van der Waals surface area contributed by atoms with E-state index in [1.165, 1.54) is 6.08 Å². The minimum absolute atomic E-state index is 0.0716. The Morgan fingerprint density at radius 1 is 1.03 bits per heavy atom. The lowest BCUT2D eigenvalue weighted by atomic mass is 10.2. The Hall–Kier alpha value is -3.36. The summed E-state index contributed by atoms with van der Waals surface area (Å²) in [5.41, 5.74) is 2.14. The Morgan fingerprint density at radius 2 is 1.71 bits per heavy atom. The average Bonchev–Trinajstić information content (AvgIpc) is 2.83. The second-order valence-corrected chi connectivity index (χ2v) is 8.45. The lowest BCUT2D eigenvalue weighted by Crippen LogP contribution is -2.41. The zero-order chi connectivity index (χ0) is 24.3. The van der Waals surface area contributed by atoms with Crippen LogP contribution in [0.25, 0.3) is 6.08 Å². The maximum Gasteiger partial charge on any atom is 0.248 e. The summed E-state index contributed by atoms with van der Waals surface area (Å²) in [5, 5.41) is 5.69. The highest BCUT2D eigenvalue weighted by molar-refractivity contribution is 6.02. The van der Waals surface area contributed by atoms with Crippen molar-refractivity contribution in [1.29, 1.82) is 0 Å². The van der Waals surface area contributed by atoms with Crippen LogP contribution in [-0.4, -0.2) is 63.3 Å². The van der Waals surface area contributed by atoms with Crippen molar-refractivity contribution in [3.8, 4) is 11.5 Å². The molecule has 0 unspecified atom stereocenters. The number of hydrogen-bond donors (Lipinski definition) is 2. The highest BCUT2D eigenvalue weighted by atomic mass is 16.5. The predicted octanol–water partition coefficient (Wildman–Crippen LogP) is 3.65. The lowest BCUT2D eigenvalue weighted by Gasteiger charge is -2.25. The molecule has 0 saturated carbocycles. The van der Waals surface area contributed by atoms with Crippen LogP contribution in [0.2, 0.25) is 0 Å². The van der Waals surface area contributed by atoms with E-state index in [2.05, 4.69) is 29.4 Å². The second-order valence-electron chi connectivity index (χ2n) is 8.45. The number of nitrogens with zero attached hydrogens (tertiary/aromatic N) is 1. The van der Waals surface area contributed by atoms with Crippen LogP contribution in [0.15, 0.2) is 48.5 Å². The Morgan fingerprint density at radius 3 is 2.35 bits per heavy atom. The van der Waals surface area contributed by atoms with Gasteiger partial charge in [-0.2, -0.15) is 0 Å². The van der Waals surface area contributed by atoms with Gasteiger partial charge in [0.25, 0.3) is 0 Å². The molecule has 8 heteroatoms. The molecule has 8 nitrogen and oxygen atoms in total. The molecule has 1 heterocycles. The second kappa shape index (κ2) is 12.8. The molecule has 34 heavy (non-hydrogen) atoms. The van der Waals surface area contributed by atoms with Gasteiger partial charge in [-0.05, 0) is 54.0 Å². The van der Waals surface area contributed by atoms with E-state index in [9.17, 15) is 9.59 Å². The van der Waals surface area contributed by atoms with E-state index in [4.69, 9.17) is 14.2 Å². The fourth-order valence-electron chi connectivity index (χ4n) is 3.32. The standard InChI is InChI=1S/C26H33N3O5/c1-19(2)18-34-23-10-4-20(16-24(23)32-3)5-11-25(30)27-21-6-8-22(9-7-21)28-26(31)17-29-12-14-33-15-13-29/h4-11,16,19H,12-15,17-18H2,1-3H3,(H,27,30)(H,28,31). The molecule has 0 aromatic heterocycles. The topological polar surface area (TPSA) is 89.1 Å². The Labute approximate surface area is 200 Å². The third kappa shape index (κ3) is 8.20. The van der Waals surface area contributed by atoms with Gasteiger partial charge in [0.1, 0.15) is 0 Å². The van der Waals surface area contributed by atoms with Crippen molar-refractivity contribution in [1.82, 2.24) is 4.90 Å². The van der Waals surface area contributed by atoms with Crippen molar-refractivity contribution in [2.24, 2.45) is 5.92 Å². The Kier molecular flexibility index (Phi) is 9.49. The third-order valence-electron chi connectivity index (χ3n) is 5.09. The zero-order valence-electron chi connectivity index (χ0n) is 20.0. The largest absolute Gasteiger partial charge is 0.493 e. The summed E-state index contributed by atoms with van der Waals surface area (Å²) in [4.78, 5) is 26.6. The van der Waals surface area contributed by atoms with Gasteiger partial charge >= 0.3 is 0 Å². The van der Waals surface area contributed by atoms with Gasteiger partial charge < -0.3 is 24.8 Å². The van der Waals surface area contributed by atoms with E-state index in [1.807, 2.05) is 18.2 Å². The summed E-state index contributed by atoms with van der Waals surface area (Å²) in [7, 11) is 1.59. The van der Waals surface area contributed by atoms with Crippen molar-refractivity contribution in [3.05, 3.63) is 54.1 Å². The molecular formula is C26H33N3O5. The minimum atomic E-state index is -0.261. The number of nitrogens with one attached hydrogen (secondary N) is 2. The van der Waals surface area contributed by atoms with E-state index in [0.717, 1.165) is 18.7 Å². The van der Waals surface area contributed by atoms with Crippen LogP contribution in [0.4, 0.5) is 11.4 Å². The molecule has 0 aliphatic carbocycles. The third-order valence-corrected chi connectivity index (χ3v) is 5.09. The number of rotatable bonds is 10. The summed E-state index contributed by atoms with van der Waals surface area (Å²) in [5.74, 6) is 1.37.